The summed E-state index contributed by atoms with van der Waals surface area (Å²) in [5.41, 5.74) is 2.01. The van der Waals surface area contributed by atoms with Gasteiger partial charge in [-0.15, -0.1) is 11.3 Å². The van der Waals surface area contributed by atoms with E-state index in [4.69, 9.17) is 16.6 Å². The number of aromatic nitrogens is 1. The summed E-state index contributed by atoms with van der Waals surface area (Å²) >= 11 is 7.75. The summed E-state index contributed by atoms with van der Waals surface area (Å²) in [5.74, 6) is 0.288. The lowest BCUT2D eigenvalue weighted by Gasteiger charge is -1.99. The van der Waals surface area contributed by atoms with E-state index in [2.05, 4.69) is 5.32 Å². The fourth-order valence-corrected chi connectivity index (χ4v) is 3.62. The van der Waals surface area contributed by atoms with Gasteiger partial charge in [-0.05, 0) is 38.1 Å². The number of thiazole rings is 1. The summed E-state index contributed by atoms with van der Waals surface area (Å²) in [6, 6.07) is 4.47. The fourth-order valence-electron chi connectivity index (χ4n) is 2.10. The Hall–Kier alpha value is -0.970. The largest absolute Gasteiger partial charge is 0.315 e. The first-order chi connectivity index (χ1) is 9.19. The van der Waals surface area contributed by atoms with Crippen LogP contribution >= 0.6 is 22.9 Å². The van der Waals surface area contributed by atoms with Crippen molar-refractivity contribution < 1.29 is 4.39 Å². The molecule has 2 nitrogen and oxygen atoms in total. The standard InChI is InChI=1S/C14H14ClFN2S/c1-17-7-12-13(8-2-3-8)18-14(19-12)10-5-4-9(16)6-11(10)15/h4-6,8,17H,2-3,7H2,1H3. The van der Waals surface area contributed by atoms with Crippen LogP contribution in [0.4, 0.5) is 4.39 Å². The van der Waals surface area contributed by atoms with Gasteiger partial charge in [-0.2, -0.15) is 0 Å². The molecule has 100 valence electrons. The maximum Gasteiger partial charge on any atom is 0.125 e. The lowest BCUT2D eigenvalue weighted by atomic mass is 10.2. The van der Waals surface area contributed by atoms with Crippen LogP contribution in [0.3, 0.4) is 0 Å². The van der Waals surface area contributed by atoms with Gasteiger partial charge in [0.25, 0.3) is 0 Å². The van der Waals surface area contributed by atoms with E-state index in [0.29, 0.717) is 10.9 Å². The normalized spacial score (nSPS) is 14.9. The summed E-state index contributed by atoms with van der Waals surface area (Å²) in [5, 5.41) is 4.48. The van der Waals surface area contributed by atoms with Gasteiger partial charge in [0.05, 0.1) is 10.7 Å². The van der Waals surface area contributed by atoms with Crippen LogP contribution in [-0.2, 0) is 6.54 Å². The Bertz CT molecular complexity index is 607. The molecule has 0 amide bonds. The molecule has 1 fully saturated rings. The predicted octanol–water partition coefficient (Wildman–Crippen LogP) is 4.20. The van der Waals surface area contributed by atoms with Gasteiger partial charge in [-0.3, -0.25) is 0 Å². The fraction of sp³-hybridized carbons (Fsp3) is 0.357. The minimum Gasteiger partial charge on any atom is -0.315 e. The zero-order valence-electron chi connectivity index (χ0n) is 10.5. The Morgan fingerprint density at radius 2 is 2.26 bits per heavy atom. The van der Waals surface area contributed by atoms with Crippen LogP contribution in [0.15, 0.2) is 18.2 Å². The summed E-state index contributed by atoms with van der Waals surface area (Å²) in [6.07, 6.45) is 2.44. The highest BCUT2D eigenvalue weighted by Gasteiger charge is 2.29. The molecule has 0 spiro atoms. The van der Waals surface area contributed by atoms with Gasteiger partial charge in [-0.1, -0.05) is 11.6 Å². The molecule has 0 saturated heterocycles. The van der Waals surface area contributed by atoms with Gasteiger partial charge in [0.2, 0.25) is 0 Å². The SMILES string of the molecule is CNCc1sc(-c2ccc(F)cc2Cl)nc1C1CC1. The zero-order valence-corrected chi connectivity index (χ0v) is 12.1. The van der Waals surface area contributed by atoms with Gasteiger partial charge in [0.1, 0.15) is 10.8 Å². The number of rotatable bonds is 4. The highest BCUT2D eigenvalue weighted by Crippen LogP contribution is 2.44. The molecule has 19 heavy (non-hydrogen) atoms. The molecule has 0 unspecified atom stereocenters. The van der Waals surface area contributed by atoms with Crippen molar-refractivity contribution in [2.24, 2.45) is 0 Å². The molecule has 3 rings (SSSR count). The van der Waals surface area contributed by atoms with E-state index in [1.165, 1.54) is 35.5 Å². The second-order valence-electron chi connectivity index (χ2n) is 4.76. The van der Waals surface area contributed by atoms with Crippen molar-refractivity contribution in [2.75, 3.05) is 7.05 Å². The monoisotopic (exact) mass is 296 g/mol. The van der Waals surface area contributed by atoms with Crippen molar-refractivity contribution in [3.05, 3.63) is 39.6 Å². The van der Waals surface area contributed by atoms with Crippen LogP contribution in [0.5, 0.6) is 0 Å². The molecule has 2 aromatic rings. The lowest BCUT2D eigenvalue weighted by Crippen LogP contribution is -2.05. The molecule has 1 heterocycles. The van der Waals surface area contributed by atoms with Gasteiger partial charge in [0, 0.05) is 22.9 Å². The molecule has 1 aliphatic carbocycles. The molecule has 1 aliphatic rings. The van der Waals surface area contributed by atoms with E-state index in [-0.39, 0.29) is 5.82 Å². The molecular formula is C14H14ClFN2S. The predicted molar refractivity (Wildman–Crippen MR) is 77.3 cm³/mol. The minimum atomic E-state index is -0.317. The Balaban J connectivity index is 2.02. The molecule has 0 radical (unpaired) electrons. The number of nitrogens with zero attached hydrogens (tertiary/aromatic N) is 1. The summed E-state index contributed by atoms with van der Waals surface area (Å²) < 4.78 is 13.1. The first-order valence-corrected chi connectivity index (χ1v) is 7.48. The van der Waals surface area contributed by atoms with E-state index in [1.807, 2.05) is 7.05 Å². The summed E-state index contributed by atoms with van der Waals surface area (Å²) in [7, 11) is 1.93. The van der Waals surface area contributed by atoms with Crippen LogP contribution < -0.4 is 5.32 Å². The van der Waals surface area contributed by atoms with E-state index >= 15 is 0 Å². The third-order valence-electron chi connectivity index (χ3n) is 3.19. The highest BCUT2D eigenvalue weighted by atomic mass is 35.5. The first kappa shape index (κ1) is 13.0. The zero-order chi connectivity index (χ0) is 13.4. The second-order valence-corrected chi connectivity index (χ2v) is 6.25. The van der Waals surface area contributed by atoms with Gasteiger partial charge >= 0.3 is 0 Å². The van der Waals surface area contributed by atoms with Crippen LogP contribution in [0.25, 0.3) is 10.6 Å². The number of halogens is 2. The van der Waals surface area contributed by atoms with Crippen molar-refractivity contribution >= 4 is 22.9 Å². The van der Waals surface area contributed by atoms with Crippen molar-refractivity contribution in [3.63, 3.8) is 0 Å². The van der Waals surface area contributed by atoms with Crippen LogP contribution in [0.1, 0.15) is 29.3 Å². The van der Waals surface area contributed by atoms with E-state index in [1.54, 1.807) is 17.4 Å². The minimum absolute atomic E-state index is 0.317. The van der Waals surface area contributed by atoms with Gasteiger partial charge in [-0.25, -0.2) is 9.37 Å². The molecule has 1 N–H and O–H groups in total. The quantitative estimate of drug-likeness (QED) is 0.914. The molecule has 0 bridgehead atoms. The van der Waals surface area contributed by atoms with Crippen LogP contribution in [0, 0.1) is 5.82 Å². The Morgan fingerprint density at radius 3 is 2.89 bits per heavy atom. The van der Waals surface area contributed by atoms with Gasteiger partial charge in [0.15, 0.2) is 0 Å². The van der Waals surface area contributed by atoms with E-state index in [0.717, 1.165) is 17.1 Å². The number of hydrogen-bond acceptors (Lipinski definition) is 3. The number of hydrogen-bond donors (Lipinski definition) is 1. The topological polar surface area (TPSA) is 24.9 Å². The summed E-state index contributed by atoms with van der Waals surface area (Å²) in [4.78, 5) is 5.99. The molecule has 1 aromatic carbocycles. The molecule has 5 heteroatoms. The average molecular weight is 297 g/mol. The second kappa shape index (κ2) is 5.19. The number of benzene rings is 1. The molecule has 0 aliphatic heterocycles. The van der Waals surface area contributed by atoms with Crippen molar-refractivity contribution in [3.8, 4) is 10.6 Å². The smallest absolute Gasteiger partial charge is 0.125 e. The maximum absolute atomic E-state index is 13.1. The third kappa shape index (κ3) is 2.66. The molecular weight excluding hydrogens is 283 g/mol. The first-order valence-electron chi connectivity index (χ1n) is 6.28. The molecule has 0 atom stereocenters. The van der Waals surface area contributed by atoms with Crippen molar-refractivity contribution in [2.45, 2.75) is 25.3 Å². The van der Waals surface area contributed by atoms with Crippen molar-refractivity contribution in [1.82, 2.24) is 10.3 Å². The van der Waals surface area contributed by atoms with Gasteiger partial charge < -0.3 is 5.32 Å². The number of nitrogens with one attached hydrogen (secondary N) is 1. The molecule has 1 aromatic heterocycles. The Kier molecular flexibility index (Phi) is 3.56. The van der Waals surface area contributed by atoms with E-state index < -0.39 is 0 Å². The third-order valence-corrected chi connectivity index (χ3v) is 4.61. The summed E-state index contributed by atoms with van der Waals surface area (Å²) in [6.45, 7) is 0.822. The highest BCUT2D eigenvalue weighted by molar-refractivity contribution is 7.15. The molecule has 1 saturated carbocycles. The maximum atomic E-state index is 13.1. The Labute approximate surface area is 120 Å². The van der Waals surface area contributed by atoms with Crippen LogP contribution in [0.2, 0.25) is 5.02 Å². The van der Waals surface area contributed by atoms with Crippen LogP contribution in [-0.4, -0.2) is 12.0 Å². The van der Waals surface area contributed by atoms with Crippen molar-refractivity contribution in [1.29, 1.82) is 0 Å². The van der Waals surface area contributed by atoms with E-state index in [9.17, 15) is 4.39 Å². The average Bonchev–Trinajstić information content (AvgIpc) is 3.12. The Morgan fingerprint density at radius 1 is 1.47 bits per heavy atom. The lowest BCUT2D eigenvalue weighted by molar-refractivity contribution is 0.628.